The van der Waals surface area contributed by atoms with Gasteiger partial charge in [0.2, 0.25) is 11.8 Å². The van der Waals surface area contributed by atoms with Gasteiger partial charge in [-0.25, -0.2) is 0 Å². The van der Waals surface area contributed by atoms with Crippen molar-refractivity contribution in [2.24, 2.45) is 0 Å². The Balaban J connectivity index is 1.58. The van der Waals surface area contributed by atoms with E-state index in [9.17, 15) is 9.59 Å². The van der Waals surface area contributed by atoms with Gasteiger partial charge in [-0.1, -0.05) is 54.6 Å². The van der Waals surface area contributed by atoms with Crippen molar-refractivity contribution in [1.82, 2.24) is 10.6 Å². The molecule has 154 valence electrons. The van der Waals surface area contributed by atoms with E-state index < -0.39 is 0 Å². The Bertz CT molecular complexity index is 804. The van der Waals surface area contributed by atoms with Crippen LogP contribution in [0.2, 0.25) is 0 Å². The van der Waals surface area contributed by atoms with E-state index in [4.69, 9.17) is 4.74 Å². The van der Waals surface area contributed by atoms with E-state index in [0.717, 1.165) is 44.0 Å². The summed E-state index contributed by atoms with van der Waals surface area (Å²) in [6.07, 6.45) is 0.209. The lowest BCUT2D eigenvalue weighted by Crippen LogP contribution is -3.12. The number of amides is 2. The van der Waals surface area contributed by atoms with Gasteiger partial charge in [0.05, 0.1) is 25.7 Å². The molecular weight excluding hydrogens is 366 g/mol. The summed E-state index contributed by atoms with van der Waals surface area (Å²) >= 11 is 0. The second-order valence-corrected chi connectivity index (χ2v) is 7.45. The Morgan fingerprint density at radius 1 is 1.00 bits per heavy atom. The summed E-state index contributed by atoms with van der Waals surface area (Å²) in [6.45, 7) is 6.52. The molecule has 1 fully saturated rings. The number of hydrogen-bond acceptors (Lipinski definition) is 3. The maximum atomic E-state index is 12.6. The van der Waals surface area contributed by atoms with Crippen molar-refractivity contribution in [3.8, 4) is 0 Å². The van der Waals surface area contributed by atoms with Crippen LogP contribution in [0.15, 0.2) is 54.6 Å². The molecule has 1 heterocycles. The van der Waals surface area contributed by atoms with E-state index in [1.54, 1.807) is 0 Å². The van der Waals surface area contributed by atoms with Crippen LogP contribution in [-0.2, 0) is 27.4 Å². The maximum absolute atomic E-state index is 12.6. The average Bonchev–Trinajstić information content (AvgIpc) is 2.74. The molecule has 0 unspecified atom stereocenters. The smallest absolute Gasteiger partial charge is 0.222 e. The van der Waals surface area contributed by atoms with Crippen LogP contribution in [-0.4, -0.2) is 38.1 Å². The Labute approximate surface area is 172 Å². The van der Waals surface area contributed by atoms with Gasteiger partial charge in [-0.15, -0.1) is 0 Å². The summed E-state index contributed by atoms with van der Waals surface area (Å²) in [5.41, 5.74) is 3.32. The van der Waals surface area contributed by atoms with E-state index in [-0.39, 0.29) is 24.3 Å². The summed E-state index contributed by atoms with van der Waals surface area (Å²) in [5, 5.41) is 5.90. The summed E-state index contributed by atoms with van der Waals surface area (Å²) < 4.78 is 5.44. The van der Waals surface area contributed by atoms with E-state index >= 15 is 0 Å². The fourth-order valence-electron chi connectivity index (χ4n) is 3.64. The number of morpholine rings is 1. The minimum absolute atomic E-state index is 0.0823. The van der Waals surface area contributed by atoms with Crippen LogP contribution < -0.4 is 15.5 Å². The van der Waals surface area contributed by atoms with Crippen molar-refractivity contribution in [3.63, 3.8) is 0 Å². The molecule has 0 spiro atoms. The van der Waals surface area contributed by atoms with E-state index in [2.05, 4.69) is 22.8 Å². The normalized spacial score (nSPS) is 15.5. The molecule has 1 saturated heterocycles. The average molecular weight is 397 g/mol. The summed E-state index contributed by atoms with van der Waals surface area (Å²) in [7, 11) is 0. The van der Waals surface area contributed by atoms with Gasteiger partial charge in [0.15, 0.2) is 0 Å². The molecule has 0 saturated carbocycles. The molecule has 0 bridgehead atoms. The third-order valence-electron chi connectivity index (χ3n) is 5.20. The number of rotatable bonds is 8. The monoisotopic (exact) mass is 396 g/mol. The van der Waals surface area contributed by atoms with Gasteiger partial charge in [0.25, 0.3) is 0 Å². The number of quaternary nitrogens is 1. The van der Waals surface area contributed by atoms with Crippen molar-refractivity contribution < 1.29 is 19.2 Å². The highest BCUT2D eigenvalue weighted by atomic mass is 16.5. The molecular formula is C23H30N3O3+. The van der Waals surface area contributed by atoms with Crippen molar-refractivity contribution in [1.29, 1.82) is 0 Å². The molecule has 6 heteroatoms. The zero-order valence-corrected chi connectivity index (χ0v) is 16.9. The predicted molar refractivity (Wildman–Crippen MR) is 111 cm³/mol. The first-order chi connectivity index (χ1) is 14.1. The highest BCUT2D eigenvalue weighted by Crippen LogP contribution is 2.16. The topological polar surface area (TPSA) is 71.9 Å². The lowest BCUT2D eigenvalue weighted by Gasteiger charge is -2.24. The molecule has 2 aromatic carbocycles. The Morgan fingerprint density at radius 3 is 2.34 bits per heavy atom. The number of ether oxygens (including phenoxy) is 1. The van der Waals surface area contributed by atoms with Gasteiger partial charge in [-0.2, -0.15) is 0 Å². The maximum Gasteiger partial charge on any atom is 0.222 e. The second kappa shape index (κ2) is 10.7. The van der Waals surface area contributed by atoms with Crippen LogP contribution in [0.4, 0.5) is 0 Å². The fraction of sp³-hybridized carbons (Fsp3) is 0.391. The summed E-state index contributed by atoms with van der Waals surface area (Å²) in [4.78, 5) is 25.7. The largest absolute Gasteiger partial charge is 0.370 e. The quantitative estimate of drug-likeness (QED) is 0.623. The lowest BCUT2D eigenvalue weighted by atomic mass is 10.0. The van der Waals surface area contributed by atoms with Crippen LogP contribution in [0.25, 0.3) is 0 Å². The van der Waals surface area contributed by atoms with Gasteiger partial charge in [0.1, 0.15) is 19.6 Å². The van der Waals surface area contributed by atoms with Crippen LogP contribution in [0, 0.1) is 0 Å². The predicted octanol–water partition coefficient (Wildman–Crippen LogP) is 0.985. The molecule has 3 rings (SSSR count). The Hall–Kier alpha value is -2.70. The fourth-order valence-corrected chi connectivity index (χ4v) is 3.64. The molecule has 6 nitrogen and oxygen atoms in total. The molecule has 3 N–H and O–H groups in total. The second-order valence-electron chi connectivity index (χ2n) is 7.45. The highest BCUT2D eigenvalue weighted by Gasteiger charge is 2.18. The van der Waals surface area contributed by atoms with E-state index in [1.807, 2.05) is 42.5 Å². The van der Waals surface area contributed by atoms with Gasteiger partial charge in [0, 0.05) is 19.0 Å². The first kappa shape index (κ1) is 21.0. The molecule has 2 amide bonds. The first-order valence-corrected chi connectivity index (χ1v) is 10.2. The van der Waals surface area contributed by atoms with Crippen molar-refractivity contribution in [3.05, 3.63) is 71.3 Å². The number of carbonyl (C=O) groups is 2. The molecule has 1 aliphatic rings. The number of benzene rings is 2. The van der Waals surface area contributed by atoms with Gasteiger partial charge in [-0.05, 0) is 11.1 Å². The van der Waals surface area contributed by atoms with Crippen LogP contribution in [0.1, 0.15) is 36.1 Å². The Kier molecular flexibility index (Phi) is 7.78. The zero-order chi connectivity index (χ0) is 20.5. The number of hydrogen-bond donors (Lipinski definition) is 3. The molecule has 0 aromatic heterocycles. The molecule has 2 aromatic rings. The zero-order valence-electron chi connectivity index (χ0n) is 16.9. The van der Waals surface area contributed by atoms with Gasteiger partial charge < -0.3 is 20.3 Å². The van der Waals surface area contributed by atoms with Crippen LogP contribution in [0.5, 0.6) is 0 Å². The standard InChI is InChI=1S/C23H29N3O3/c1-18(27)25-22(19-7-3-2-4-8-19)15-23(28)24-16-20-9-5-6-10-21(20)17-26-11-13-29-14-12-26/h2-10,22H,11-17H2,1H3,(H,24,28)(H,25,27)/p+1/t22-/m0/s1. The molecule has 0 radical (unpaired) electrons. The SMILES string of the molecule is CC(=O)N[C@@H](CC(=O)NCc1ccccc1C[NH+]1CCOCC1)c1ccccc1. The summed E-state index contributed by atoms with van der Waals surface area (Å²) in [5.74, 6) is -0.230. The minimum atomic E-state index is -0.332. The van der Waals surface area contributed by atoms with Crippen molar-refractivity contribution in [2.45, 2.75) is 32.5 Å². The van der Waals surface area contributed by atoms with Crippen molar-refractivity contribution >= 4 is 11.8 Å². The molecule has 1 aliphatic heterocycles. The summed E-state index contributed by atoms with van der Waals surface area (Å²) in [6, 6.07) is 17.5. The van der Waals surface area contributed by atoms with Gasteiger partial charge >= 0.3 is 0 Å². The lowest BCUT2D eigenvalue weighted by molar-refractivity contribution is -0.921. The van der Waals surface area contributed by atoms with Crippen LogP contribution in [0.3, 0.4) is 0 Å². The number of nitrogens with one attached hydrogen (secondary N) is 3. The van der Waals surface area contributed by atoms with Crippen molar-refractivity contribution in [2.75, 3.05) is 26.3 Å². The third kappa shape index (κ3) is 6.69. The first-order valence-electron chi connectivity index (χ1n) is 10.2. The van der Waals surface area contributed by atoms with Crippen LogP contribution >= 0.6 is 0 Å². The number of carbonyl (C=O) groups excluding carboxylic acids is 2. The van der Waals surface area contributed by atoms with E-state index in [1.165, 1.54) is 17.4 Å². The van der Waals surface area contributed by atoms with Gasteiger partial charge in [-0.3, -0.25) is 9.59 Å². The highest BCUT2D eigenvalue weighted by molar-refractivity contribution is 5.79. The third-order valence-corrected chi connectivity index (χ3v) is 5.20. The van der Waals surface area contributed by atoms with E-state index in [0.29, 0.717) is 6.54 Å². The Morgan fingerprint density at radius 2 is 1.66 bits per heavy atom. The minimum Gasteiger partial charge on any atom is -0.370 e. The molecule has 1 atom stereocenters. The molecule has 29 heavy (non-hydrogen) atoms. The molecule has 0 aliphatic carbocycles.